The number of hydrogen-bond donors (Lipinski definition) is 2. The second-order valence-electron chi connectivity index (χ2n) is 11.2. The van der Waals surface area contributed by atoms with Gasteiger partial charge in [0.25, 0.3) is 5.91 Å². The van der Waals surface area contributed by atoms with Crippen LogP contribution in [0.5, 0.6) is 5.75 Å². The number of amides is 1. The Morgan fingerprint density at radius 3 is 2.44 bits per heavy atom. The number of carbonyl (C=O) groups is 2. The smallest absolute Gasteiger partial charge is 0.387 e. The molecule has 3 atom stereocenters. The number of hydrogen-bond acceptors (Lipinski definition) is 7. The summed E-state index contributed by atoms with van der Waals surface area (Å²) in [7, 11) is 0. The maximum atomic E-state index is 14.1. The largest absolute Gasteiger partial charge is 0.480 e. The molecule has 41 heavy (non-hydrogen) atoms. The number of carboxylic acids is 1. The third-order valence-corrected chi connectivity index (χ3v) is 8.02. The number of morpholine rings is 1. The monoisotopic (exact) mass is 597 g/mol. The summed E-state index contributed by atoms with van der Waals surface area (Å²) in [5, 5.41) is 17.6. The molecule has 2 N–H and O–H groups in total. The highest BCUT2D eigenvalue weighted by atomic mass is 35.5. The van der Waals surface area contributed by atoms with Crippen LogP contribution in [0.4, 0.5) is 14.5 Å². The van der Waals surface area contributed by atoms with Crippen molar-refractivity contribution in [1.29, 1.82) is 0 Å². The minimum atomic E-state index is -3.10. The number of nitrogens with one attached hydrogen (secondary N) is 1. The topological polar surface area (TPSA) is 109 Å². The summed E-state index contributed by atoms with van der Waals surface area (Å²) in [4.78, 5) is 30.4. The first-order chi connectivity index (χ1) is 19.4. The van der Waals surface area contributed by atoms with E-state index in [0.29, 0.717) is 45.6 Å². The van der Waals surface area contributed by atoms with Crippen LogP contribution in [-0.2, 0) is 19.9 Å². The molecule has 1 aromatic carbocycles. The Morgan fingerprint density at radius 2 is 1.85 bits per heavy atom. The van der Waals surface area contributed by atoms with E-state index in [1.54, 1.807) is 10.9 Å². The highest BCUT2D eigenvalue weighted by Gasteiger charge is 2.46. The Balaban J connectivity index is 1.58. The number of aromatic nitrogens is 2. The van der Waals surface area contributed by atoms with Crippen LogP contribution in [0.2, 0.25) is 5.02 Å². The van der Waals surface area contributed by atoms with Crippen LogP contribution >= 0.6 is 11.6 Å². The summed E-state index contributed by atoms with van der Waals surface area (Å²) in [6.07, 6.45) is 2.17. The van der Waals surface area contributed by atoms with Gasteiger partial charge in [0.05, 0.1) is 17.9 Å². The summed E-state index contributed by atoms with van der Waals surface area (Å²) < 4.78 is 38.3. The molecule has 1 aromatic heterocycles. The molecular weight excluding hydrogens is 560 g/mol. The molecule has 2 aliphatic rings. The van der Waals surface area contributed by atoms with Gasteiger partial charge < -0.3 is 24.8 Å². The average Bonchev–Trinajstić information content (AvgIpc) is 3.39. The summed E-state index contributed by atoms with van der Waals surface area (Å²) in [6, 6.07) is 5.28. The first-order valence-corrected chi connectivity index (χ1v) is 14.2. The van der Waals surface area contributed by atoms with Crippen molar-refractivity contribution in [2.75, 3.05) is 38.0 Å². The van der Waals surface area contributed by atoms with Crippen LogP contribution in [0, 0.1) is 0 Å². The zero-order valence-corrected chi connectivity index (χ0v) is 24.5. The number of halogens is 3. The minimum absolute atomic E-state index is 0.0650. The molecule has 3 heterocycles. The first kappa shape index (κ1) is 31.1. The molecule has 4 rings (SSSR count). The van der Waals surface area contributed by atoms with Crippen molar-refractivity contribution in [2.45, 2.75) is 76.9 Å². The van der Waals surface area contributed by atoms with Crippen LogP contribution in [0.15, 0.2) is 30.5 Å². The number of carbonyl (C=O) groups excluding carboxylic acids is 1. The number of alkyl halides is 2. The highest BCUT2D eigenvalue weighted by Crippen LogP contribution is 2.37. The Morgan fingerprint density at radius 1 is 1.20 bits per heavy atom. The lowest BCUT2D eigenvalue weighted by atomic mass is 9.85. The van der Waals surface area contributed by atoms with Crippen LogP contribution in [-0.4, -0.2) is 94.1 Å². The van der Waals surface area contributed by atoms with Gasteiger partial charge in [0, 0.05) is 55.7 Å². The van der Waals surface area contributed by atoms with E-state index in [1.807, 2.05) is 38.7 Å². The lowest BCUT2D eigenvalue weighted by Gasteiger charge is -2.44. The van der Waals surface area contributed by atoms with Gasteiger partial charge in [-0.25, -0.2) is 0 Å². The van der Waals surface area contributed by atoms with Crippen molar-refractivity contribution >= 4 is 29.2 Å². The number of carboxylic acid groups (broad SMARTS) is 1. The molecular formula is C28H38ClF2N5O5. The third kappa shape index (κ3) is 7.17. The van der Waals surface area contributed by atoms with Gasteiger partial charge in [0.1, 0.15) is 11.6 Å². The molecule has 2 aromatic rings. The number of likely N-dealkylation sites (tertiary alicyclic amines) is 1. The molecule has 1 amide bonds. The second-order valence-corrected chi connectivity index (χ2v) is 11.6. The van der Waals surface area contributed by atoms with Gasteiger partial charge in [-0.15, -0.1) is 0 Å². The summed E-state index contributed by atoms with van der Waals surface area (Å²) in [5.41, 5.74) is -0.211. The van der Waals surface area contributed by atoms with E-state index in [-0.39, 0.29) is 34.6 Å². The van der Waals surface area contributed by atoms with Crippen LogP contribution in [0.3, 0.4) is 0 Å². The van der Waals surface area contributed by atoms with Crippen molar-refractivity contribution in [3.05, 3.63) is 41.2 Å². The van der Waals surface area contributed by atoms with Gasteiger partial charge in [0.2, 0.25) is 0 Å². The molecule has 2 saturated heterocycles. The number of anilines is 1. The molecule has 13 heteroatoms. The summed E-state index contributed by atoms with van der Waals surface area (Å²) in [5.74, 6) is -1.49. The standard InChI is InChI=1S/C28H38ClF2N5O5/c1-17(2)22-7-10-32-36(22)28(26(39)33-21-6-5-20(29)13-24(21)41-27(30)31)8-11-34(12-9-28)16-23(25(37)38)35-14-18(3)40-19(4)15-35/h5-7,10,13,17-19,23,27H,8-9,11-12,14-16H2,1-4H3,(H,33,39)(H,37,38)/t18-,19-,23+/m1/s1. The quantitative estimate of drug-likeness (QED) is 0.418. The Kier molecular flexibility index (Phi) is 9.89. The van der Waals surface area contributed by atoms with Crippen molar-refractivity contribution in [1.82, 2.24) is 19.6 Å². The minimum Gasteiger partial charge on any atom is -0.480 e. The van der Waals surface area contributed by atoms with E-state index in [0.717, 1.165) is 5.69 Å². The molecule has 2 fully saturated rings. The number of aliphatic carboxylic acids is 1. The Hall–Kier alpha value is -2.80. The molecule has 0 aliphatic carbocycles. The molecule has 10 nitrogen and oxygen atoms in total. The summed E-state index contributed by atoms with van der Waals surface area (Å²) >= 11 is 5.99. The van der Waals surface area contributed by atoms with Crippen molar-refractivity contribution < 1.29 is 33.0 Å². The fourth-order valence-electron chi connectivity index (χ4n) is 5.85. The molecule has 0 spiro atoms. The van der Waals surface area contributed by atoms with Gasteiger partial charge in [-0.1, -0.05) is 25.4 Å². The van der Waals surface area contributed by atoms with E-state index in [9.17, 15) is 23.5 Å². The number of ether oxygens (including phenoxy) is 2. The van der Waals surface area contributed by atoms with Gasteiger partial charge in [-0.2, -0.15) is 13.9 Å². The number of benzene rings is 1. The normalized spacial score (nSPS) is 22.6. The van der Waals surface area contributed by atoms with Crippen LogP contribution in [0.25, 0.3) is 0 Å². The van der Waals surface area contributed by atoms with E-state index >= 15 is 0 Å². The van der Waals surface area contributed by atoms with Gasteiger partial charge >= 0.3 is 12.6 Å². The first-order valence-electron chi connectivity index (χ1n) is 13.8. The molecule has 0 unspecified atom stereocenters. The second kappa shape index (κ2) is 13.0. The SMILES string of the molecule is CC(C)c1ccnn1C1(C(=O)Nc2ccc(Cl)cc2OC(F)F)CCN(C[C@@H](C(=O)O)N2C[C@@H](C)O[C@H](C)C2)CC1. The average molecular weight is 598 g/mol. The van der Waals surface area contributed by atoms with Crippen LogP contribution in [0.1, 0.15) is 52.1 Å². The molecule has 0 saturated carbocycles. The fourth-order valence-corrected chi connectivity index (χ4v) is 6.01. The molecule has 0 radical (unpaired) electrons. The van der Waals surface area contributed by atoms with Crippen molar-refractivity contribution in [3.8, 4) is 5.75 Å². The maximum absolute atomic E-state index is 14.1. The molecule has 226 valence electrons. The van der Waals surface area contributed by atoms with E-state index in [4.69, 9.17) is 16.3 Å². The fraction of sp³-hybridized carbons (Fsp3) is 0.607. The van der Waals surface area contributed by atoms with E-state index < -0.39 is 30.1 Å². The Labute approximate surface area is 243 Å². The van der Waals surface area contributed by atoms with Crippen LogP contribution < -0.4 is 10.1 Å². The lowest BCUT2D eigenvalue weighted by molar-refractivity contribution is -0.150. The number of rotatable bonds is 10. The van der Waals surface area contributed by atoms with Gasteiger partial charge in [-0.3, -0.25) is 19.2 Å². The molecule has 0 bridgehead atoms. The highest BCUT2D eigenvalue weighted by molar-refractivity contribution is 6.30. The van der Waals surface area contributed by atoms with Crippen molar-refractivity contribution in [3.63, 3.8) is 0 Å². The Bertz CT molecular complexity index is 1210. The maximum Gasteiger partial charge on any atom is 0.387 e. The predicted octanol–water partition coefficient (Wildman–Crippen LogP) is 4.25. The zero-order valence-electron chi connectivity index (χ0n) is 23.7. The third-order valence-electron chi connectivity index (χ3n) is 7.79. The molecule has 2 aliphatic heterocycles. The zero-order chi connectivity index (χ0) is 29.9. The van der Waals surface area contributed by atoms with Gasteiger partial charge in [-0.05, 0) is 50.8 Å². The van der Waals surface area contributed by atoms with E-state index in [2.05, 4.69) is 20.1 Å². The number of nitrogens with zero attached hydrogens (tertiary/aromatic N) is 4. The predicted molar refractivity (Wildman–Crippen MR) is 150 cm³/mol. The lowest BCUT2D eigenvalue weighted by Crippen LogP contribution is -2.59. The number of piperidine rings is 1. The summed E-state index contributed by atoms with van der Waals surface area (Å²) in [6.45, 7) is 7.00. The van der Waals surface area contributed by atoms with Crippen molar-refractivity contribution in [2.24, 2.45) is 0 Å². The van der Waals surface area contributed by atoms with E-state index in [1.165, 1.54) is 18.2 Å². The van der Waals surface area contributed by atoms with Gasteiger partial charge in [0.15, 0.2) is 5.75 Å².